The summed E-state index contributed by atoms with van der Waals surface area (Å²) in [6.07, 6.45) is 0. The molecule has 1 aromatic carbocycles. The average Bonchev–Trinajstić information content (AvgIpc) is 2.26. The van der Waals surface area contributed by atoms with Crippen molar-refractivity contribution in [1.29, 1.82) is 0 Å². The number of amides is 1. The van der Waals surface area contributed by atoms with Crippen molar-refractivity contribution in [1.82, 2.24) is 10.4 Å². The van der Waals surface area contributed by atoms with Gasteiger partial charge in [-0.05, 0) is 18.2 Å². The normalized spacial score (nSPS) is 9.71. The molecule has 3 N–H and O–H groups in total. The summed E-state index contributed by atoms with van der Waals surface area (Å²) in [6, 6.07) is 4.96. The van der Waals surface area contributed by atoms with Gasteiger partial charge in [-0.25, -0.2) is 5.01 Å². The van der Waals surface area contributed by atoms with Gasteiger partial charge in [-0.3, -0.25) is 10.2 Å². The van der Waals surface area contributed by atoms with Crippen molar-refractivity contribution < 1.29 is 4.79 Å². The minimum atomic E-state index is -0.213. The molecule has 0 aliphatic carbocycles. The lowest BCUT2D eigenvalue weighted by Crippen LogP contribution is -2.36. The largest absolute Gasteiger partial charge is 0.320 e. The molecule has 0 aliphatic heterocycles. The smallest absolute Gasteiger partial charge is 0.265 e. The van der Waals surface area contributed by atoms with Crippen molar-refractivity contribution in [3.8, 4) is 11.8 Å². The molecule has 1 amide bonds. The van der Waals surface area contributed by atoms with Gasteiger partial charge < -0.3 is 5.73 Å². The lowest BCUT2D eigenvalue weighted by molar-refractivity contribution is 0.0857. The van der Waals surface area contributed by atoms with E-state index in [9.17, 15) is 4.79 Å². The first kappa shape index (κ1) is 13.5. The van der Waals surface area contributed by atoms with Gasteiger partial charge in [-0.15, -0.1) is 0 Å². The molecule has 1 rings (SSSR count). The van der Waals surface area contributed by atoms with Crippen LogP contribution in [-0.2, 0) is 0 Å². The summed E-state index contributed by atoms with van der Waals surface area (Å²) in [6.45, 7) is 0.277. The third kappa shape index (κ3) is 4.08. The molecule has 5 heteroatoms. The monoisotopic (exact) mass is 251 g/mol. The first-order valence-electron chi connectivity index (χ1n) is 5.01. The first-order chi connectivity index (χ1) is 8.04. The van der Waals surface area contributed by atoms with Crippen molar-refractivity contribution in [2.75, 3.05) is 20.6 Å². The van der Waals surface area contributed by atoms with Crippen LogP contribution in [0.15, 0.2) is 18.2 Å². The fourth-order valence-electron chi connectivity index (χ4n) is 1.17. The van der Waals surface area contributed by atoms with Gasteiger partial charge in [-0.1, -0.05) is 23.4 Å². The Morgan fingerprint density at radius 1 is 1.53 bits per heavy atom. The summed E-state index contributed by atoms with van der Waals surface area (Å²) < 4.78 is 0. The predicted octanol–water partition coefficient (Wildman–Crippen LogP) is 0.857. The number of nitrogens with one attached hydrogen (secondary N) is 1. The van der Waals surface area contributed by atoms with Crippen LogP contribution >= 0.6 is 11.6 Å². The molecule has 0 aliphatic rings. The minimum absolute atomic E-state index is 0.213. The van der Waals surface area contributed by atoms with E-state index >= 15 is 0 Å². The van der Waals surface area contributed by atoms with E-state index in [1.165, 1.54) is 0 Å². The Labute approximate surface area is 106 Å². The van der Waals surface area contributed by atoms with Crippen molar-refractivity contribution in [2.45, 2.75) is 0 Å². The maximum Gasteiger partial charge on any atom is 0.265 e. The number of hydrogen-bond acceptors (Lipinski definition) is 3. The van der Waals surface area contributed by atoms with Crippen LogP contribution in [0.3, 0.4) is 0 Å². The number of carbonyl (C=O) groups excluding carboxylic acids is 1. The Morgan fingerprint density at radius 2 is 2.24 bits per heavy atom. The number of hydrogen-bond donors (Lipinski definition) is 2. The van der Waals surface area contributed by atoms with Gasteiger partial charge in [0.25, 0.3) is 5.91 Å². The second-order valence-corrected chi connectivity index (χ2v) is 3.94. The van der Waals surface area contributed by atoms with Crippen LogP contribution in [0, 0.1) is 11.8 Å². The van der Waals surface area contributed by atoms with E-state index in [0.29, 0.717) is 16.1 Å². The molecule has 0 spiro atoms. The van der Waals surface area contributed by atoms with E-state index in [-0.39, 0.29) is 12.5 Å². The van der Waals surface area contributed by atoms with E-state index < -0.39 is 0 Å². The van der Waals surface area contributed by atoms with Gasteiger partial charge in [0.1, 0.15) is 0 Å². The Kier molecular flexibility index (Phi) is 4.98. The number of hydrazine groups is 1. The van der Waals surface area contributed by atoms with E-state index in [1.54, 1.807) is 37.3 Å². The van der Waals surface area contributed by atoms with Gasteiger partial charge in [0.05, 0.1) is 11.6 Å². The van der Waals surface area contributed by atoms with Gasteiger partial charge in [0.15, 0.2) is 0 Å². The molecule has 4 nitrogen and oxygen atoms in total. The lowest BCUT2D eigenvalue weighted by atomic mass is 10.1. The summed E-state index contributed by atoms with van der Waals surface area (Å²) in [4.78, 5) is 11.7. The number of carbonyl (C=O) groups is 1. The molecular weight excluding hydrogens is 238 g/mol. The summed E-state index contributed by atoms with van der Waals surface area (Å²) in [5, 5.41) is 2.01. The molecule has 0 radical (unpaired) electrons. The number of benzene rings is 1. The molecule has 0 aromatic heterocycles. The van der Waals surface area contributed by atoms with Crippen molar-refractivity contribution in [2.24, 2.45) is 5.73 Å². The standard InChI is InChI=1S/C12H14ClN3O/c1-16(2)15-12(17)10-6-5-9(4-3-7-14)11(13)8-10/h5-6,8H,7,14H2,1-2H3,(H,15,17). The second kappa shape index (κ2) is 6.26. The van der Waals surface area contributed by atoms with Gasteiger partial charge >= 0.3 is 0 Å². The average molecular weight is 252 g/mol. The van der Waals surface area contributed by atoms with Crippen LogP contribution in [0.25, 0.3) is 0 Å². The molecule has 1 aromatic rings. The first-order valence-corrected chi connectivity index (χ1v) is 5.39. The highest BCUT2D eigenvalue weighted by Gasteiger charge is 2.08. The van der Waals surface area contributed by atoms with Gasteiger partial charge in [-0.2, -0.15) is 0 Å². The van der Waals surface area contributed by atoms with Crippen molar-refractivity contribution in [3.63, 3.8) is 0 Å². The number of rotatable bonds is 2. The minimum Gasteiger partial charge on any atom is -0.320 e. The molecule has 0 heterocycles. The molecule has 0 saturated heterocycles. The zero-order valence-corrected chi connectivity index (χ0v) is 10.5. The number of halogens is 1. The fraction of sp³-hybridized carbons (Fsp3) is 0.250. The van der Waals surface area contributed by atoms with Crippen LogP contribution in [0.5, 0.6) is 0 Å². The molecule has 0 bridgehead atoms. The Morgan fingerprint density at radius 3 is 2.76 bits per heavy atom. The van der Waals surface area contributed by atoms with Crippen LogP contribution in [0.1, 0.15) is 15.9 Å². The molecular formula is C12H14ClN3O. The predicted molar refractivity (Wildman–Crippen MR) is 68.5 cm³/mol. The third-order valence-electron chi connectivity index (χ3n) is 1.88. The van der Waals surface area contributed by atoms with Gasteiger partial charge in [0, 0.05) is 25.2 Å². The van der Waals surface area contributed by atoms with E-state index in [4.69, 9.17) is 17.3 Å². The highest BCUT2D eigenvalue weighted by Crippen LogP contribution is 2.16. The fourth-order valence-corrected chi connectivity index (χ4v) is 1.40. The van der Waals surface area contributed by atoms with Crippen LogP contribution in [0.2, 0.25) is 5.02 Å². The number of nitrogens with zero attached hydrogens (tertiary/aromatic N) is 1. The topological polar surface area (TPSA) is 58.4 Å². The molecule has 0 atom stereocenters. The van der Waals surface area contributed by atoms with E-state index in [2.05, 4.69) is 17.3 Å². The zero-order valence-electron chi connectivity index (χ0n) is 9.75. The maximum absolute atomic E-state index is 11.7. The van der Waals surface area contributed by atoms with E-state index in [1.807, 2.05) is 0 Å². The highest BCUT2D eigenvalue weighted by atomic mass is 35.5. The SMILES string of the molecule is CN(C)NC(=O)c1ccc(C#CCN)c(Cl)c1. The maximum atomic E-state index is 11.7. The Balaban J connectivity index is 2.92. The van der Waals surface area contributed by atoms with Crippen LogP contribution in [-0.4, -0.2) is 31.6 Å². The molecule has 17 heavy (non-hydrogen) atoms. The second-order valence-electron chi connectivity index (χ2n) is 3.54. The lowest BCUT2D eigenvalue weighted by Gasteiger charge is -2.11. The Bertz CT molecular complexity index is 474. The van der Waals surface area contributed by atoms with Gasteiger partial charge in [0.2, 0.25) is 0 Å². The van der Waals surface area contributed by atoms with Crippen LogP contribution in [0.4, 0.5) is 0 Å². The molecule has 90 valence electrons. The zero-order chi connectivity index (χ0) is 12.8. The van der Waals surface area contributed by atoms with E-state index in [0.717, 1.165) is 0 Å². The van der Waals surface area contributed by atoms with Crippen molar-refractivity contribution in [3.05, 3.63) is 34.3 Å². The molecule has 0 fully saturated rings. The van der Waals surface area contributed by atoms with Crippen LogP contribution < -0.4 is 11.2 Å². The quantitative estimate of drug-likeness (QED) is 0.605. The van der Waals surface area contributed by atoms with Crippen molar-refractivity contribution >= 4 is 17.5 Å². The number of nitrogens with two attached hydrogens (primary N) is 1. The highest BCUT2D eigenvalue weighted by molar-refractivity contribution is 6.32. The summed E-state index contributed by atoms with van der Waals surface area (Å²) in [7, 11) is 3.47. The molecule has 0 unspecified atom stereocenters. The third-order valence-corrected chi connectivity index (χ3v) is 2.19. The summed E-state index contributed by atoms with van der Waals surface area (Å²) in [5.74, 6) is 5.33. The molecule has 0 saturated carbocycles. The Hall–Kier alpha value is -1.54. The summed E-state index contributed by atoms with van der Waals surface area (Å²) in [5.41, 5.74) is 9.05. The summed E-state index contributed by atoms with van der Waals surface area (Å²) >= 11 is 6.01.